The van der Waals surface area contributed by atoms with E-state index in [4.69, 9.17) is 4.74 Å². The van der Waals surface area contributed by atoms with Crippen molar-refractivity contribution in [3.8, 4) is 5.75 Å². The summed E-state index contributed by atoms with van der Waals surface area (Å²) in [7, 11) is 3.66. The van der Waals surface area contributed by atoms with Crippen LogP contribution in [0.25, 0.3) is 11.0 Å². The van der Waals surface area contributed by atoms with Crippen LogP contribution in [-0.2, 0) is 6.54 Å². The molecule has 0 amide bonds. The zero-order valence-corrected chi connectivity index (χ0v) is 19.7. The minimum absolute atomic E-state index is 0.118. The number of fused-ring (bicyclic) bond motifs is 1. The van der Waals surface area contributed by atoms with E-state index in [0.29, 0.717) is 28.3 Å². The third-order valence-electron chi connectivity index (χ3n) is 6.29. The van der Waals surface area contributed by atoms with Crippen molar-refractivity contribution in [3.63, 3.8) is 0 Å². The number of hydrogen-bond donors (Lipinski definition) is 1. The lowest BCUT2D eigenvalue weighted by molar-refractivity contribution is 0.313. The van der Waals surface area contributed by atoms with E-state index in [1.807, 2.05) is 12.1 Å². The number of rotatable bonds is 6. The Hall–Kier alpha value is -3.98. The number of piperazine rings is 1. The number of nitrogens with zero attached hydrogens (tertiary/aromatic N) is 5. The maximum absolute atomic E-state index is 13.9. The van der Waals surface area contributed by atoms with Gasteiger partial charge in [-0.25, -0.2) is 9.37 Å². The Kier molecular flexibility index (Phi) is 6.33. The molecule has 35 heavy (non-hydrogen) atoms. The predicted octanol–water partition coefficient (Wildman–Crippen LogP) is 3.48. The summed E-state index contributed by atoms with van der Waals surface area (Å²) < 4.78 is 20.7. The summed E-state index contributed by atoms with van der Waals surface area (Å²) >= 11 is 0. The second kappa shape index (κ2) is 9.71. The van der Waals surface area contributed by atoms with Crippen molar-refractivity contribution in [2.24, 2.45) is 0 Å². The Balaban J connectivity index is 1.41. The third kappa shape index (κ3) is 4.95. The molecule has 2 aromatic carbocycles. The van der Waals surface area contributed by atoms with Gasteiger partial charge >= 0.3 is 0 Å². The lowest BCUT2D eigenvalue weighted by Gasteiger charge is -2.34. The van der Waals surface area contributed by atoms with Crippen LogP contribution in [-0.4, -0.2) is 59.8 Å². The van der Waals surface area contributed by atoms with Gasteiger partial charge in [-0.1, -0.05) is 0 Å². The molecule has 8 nitrogen and oxygen atoms in total. The number of likely N-dealkylation sites (N-methyl/N-ethyl adjacent to an activating group) is 1. The molecule has 1 N–H and O–H groups in total. The summed E-state index contributed by atoms with van der Waals surface area (Å²) in [4.78, 5) is 26.5. The minimum atomic E-state index is -0.397. The van der Waals surface area contributed by atoms with Crippen molar-refractivity contribution in [3.05, 3.63) is 82.5 Å². The first-order valence-electron chi connectivity index (χ1n) is 11.5. The standard InChI is InChI=1S/C26H27FN6O2/c1-31-11-13-32(14-12-31)22-7-5-21(6-8-22)29-26-28-16-18-3-10-24(34)33(25(18)30-26)17-19-15-20(27)4-9-23(19)35-2/h3-10,15-16H,11-14,17H2,1-2H3,(H,28,29,30). The van der Waals surface area contributed by atoms with Gasteiger partial charge in [-0.2, -0.15) is 4.98 Å². The van der Waals surface area contributed by atoms with Gasteiger partial charge in [0.15, 0.2) is 0 Å². The van der Waals surface area contributed by atoms with Crippen LogP contribution < -0.4 is 20.5 Å². The van der Waals surface area contributed by atoms with E-state index in [-0.39, 0.29) is 12.1 Å². The molecule has 180 valence electrons. The van der Waals surface area contributed by atoms with Gasteiger partial charge in [0.05, 0.1) is 13.7 Å². The molecular formula is C26H27FN6O2. The van der Waals surface area contributed by atoms with Crippen LogP contribution in [0.1, 0.15) is 5.56 Å². The zero-order chi connectivity index (χ0) is 24.4. The molecule has 3 heterocycles. The smallest absolute Gasteiger partial charge is 0.252 e. The van der Waals surface area contributed by atoms with E-state index in [1.165, 1.54) is 35.6 Å². The minimum Gasteiger partial charge on any atom is -0.496 e. The number of halogens is 1. The molecule has 0 bridgehead atoms. The zero-order valence-electron chi connectivity index (χ0n) is 19.7. The molecule has 2 aromatic heterocycles. The highest BCUT2D eigenvalue weighted by molar-refractivity contribution is 5.76. The Bertz CT molecular complexity index is 1400. The second-order valence-corrected chi connectivity index (χ2v) is 8.65. The molecule has 1 aliphatic rings. The normalized spacial score (nSPS) is 14.3. The average molecular weight is 475 g/mol. The first-order valence-corrected chi connectivity index (χ1v) is 11.5. The molecule has 0 spiro atoms. The Morgan fingerprint density at radius 2 is 1.80 bits per heavy atom. The number of pyridine rings is 1. The predicted molar refractivity (Wildman–Crippen MR) is 135 cm³/mol. The molecule has 1 saturated heterocycles. The van der Waals surface area contributed by atoms with Crippen LogP contribution in [0.3, 0.4) is 0 Å². The van der Waals surface area contributed by atoms with Crippen LogP contribution in [0, 0.1) is 5.82 Å². The highest BCUT2D eigenvalue weighted by Crippen LogP contribution is 2.23. The first-order chi connectivity index (χ1) is 17.0. The van der Waals surface area contributed by atoms with Crippen LogP contribution in [0.4, 0.5) is 21.7 Å². The topological polar surface area (TPSA) is 75.5 Å². The van der Waals surface area contributed by atoms with Gasteiger partial charge in [-0.3, -0.25) is 9.36 Å². The van der Waals surface area contributed by atoms with E-state index in [9.17, 15) is 9.18 Å². The van der Waals surface area contributed by atoms with Crippen LogP contribution in [0.2, 0.25) is 0 Å². The Morgan fingerprint density at radius 3 is 2.54 bits per heavy atom. The van der Waals surface area contributed by atoms with Gasteiger partial charge in [-0.15, -0.1) is 0 Å². The highest BCUT2D eigenvalue weighted by atomic mass is 19.1. The number of aromatic nitrogens is 3. The highest BCUT2D eigenvalue weighted by Gasteiger charge is 2.15. The number of hydrogen-bond acceptors (Lipinski definition) is 7. The summed E-state index contributed by atoms with van der Waals surface area (Å²) in [6.45, 7) is 4.23. The monoisotopic (exact) mass is 474 g/mol. The van der Waals surface area contributed by atoms with Crippen molar-refractivity contribution in [2.75, 3.05) is 50.6 Å². The SMILES string of the molecule is COc1ccc(F)cc1Cn1c(=O)ccc2cnc(Nc3ccc(N4CCN(C)CC4)cc3)nc21. The molecule has 0 atom stereocenters. The van der Waals surface area contributed by atoms with Crippen LogP contribution in [0.15, 0.2) is 65.6 Å². The summed E-state index contributed by atoms with van der Waals surface area (Å²) in [5.41, 5.74) is 2.79. The third-order valence-corrected chi connectivity index (χ3v) is 6.29. The maximum atomic E-state index is 13.9. The van der Waals surface area contributed by atoms with Gasteiger partial charge in [0.25, 0.3) is 5.56 Å². The van der Waals surface area contributed by atoms with E-state index in [2.05, 4.69) is 44.3 Å². The molecule has 1 fully saturated rings. The fourth-order valence-corrected chi connectivity index (χ4v) is 4.27. The van der Waals surface area contributed by atoms with E-state index in [1.54, 1.807) is 18.3 Å². The summed E-state index contributed by atoms with van der Waals surface area (Å²) in [6, 6.07) is 15.6. The maximum Gasteiger partial charge on any atom is 0.252 e. The van der Waals surface area contributed by atoms with Crippen LogP contribution in [0.5, 0.6) is 5.75 Å². The molecule has 4 aromatic rings. The van der Waals surface area contributed by atoms with Gasteiger partial charge in [0, 0.05) is 60.8 Å². The number of benzene rings is 2. The summed E-state index contributed by atoms with van der Waals surface area (Å²) in [5.74, 6) is 0.477. The summed E-state index contributed by atoms with van der Waals surface area (Å²) in [5, 5.41) is 3.93. The van der Waals surface area contributed by atoms with Crippen molar-refractivity contribution in [2.45, 2.75) is 6.54 Å². The lowest BCUT2D eigenvalue weighted by Crippen LogP contribution is -2.44. The summed E-state index contributed by atoms with van der Waals surface area (Å²) in [6.07, 6.45) is 1.67. The second-order valence-electron chi connectivity index (χ2n) is 8.65. The number of nitrogens with one attached hydrogen (secondary N) is 1. The molecule has 1 aliphatic heterocycles. The van der Waals surface area contributed by atoms with Crippen molar-refractivity contribution in [1.29, 1.82) is 0 Å². The lowest BCUT2D eigenvalue weighted by atomic mass is 10.2. The number of anilines is 3. The van der Waals surface area contributed by atoms with E-state index < -0.39 is 5.82 Å². The first kappa shape index (κ1) is 22.8. The van der Waals surface area contributed by atoms with Crippen LogP contribution >= 0.6 is 0 Å². The molecule has 0 saturated carbocycles. The van der Waals surface area contributed by atoms with Crippen molar-refractivity contribution in [1.82, 2.24) is 19.4 Å². The Labute approximate surface area is 202 Å². The molecule has 0 radical (unpaired) electrons. The molecule has 0 unspecified atom stereocenters. The molecular weight excluding hydrogens is 447 g/mol. The number of ether oxygens (including phenoxy) is 1. The molecule has 0 aliphatic carbocycles. The molecule has 9 heteroatoms. The van der Waals surface area contributed by atoms with Gasteiger partial charge in [-0.05, 0) is 55.6 Å². The van der Waals surface area contributed by atoms with Gasteiger partial charge in [0.2, 0.25) is 5.95 Å². The number of methoxy groups -OCH3 is 1. The van der Waals surface area contributed by atoms with Gasteiger partial charge in [0.1, 0.15) is 17.2 Å². The fraction of sp³-hybridized carbons (Fsp3) is 0.269. The van der Waals surface area contributed by atoms with Gasteiger partial charge < -0.3 is 19.9 Å². The average Bonchev–Trinajstić information content (AvgIpc) is 2.87. The van der Waals surface area contributed by atoms with E-state index in [0.717, 1.165) is 31.9 Å². The molecule has 5 rings (SSSR count). The quantitative estimate of drug-likeness (QED) is 0.459. The van der Waals surface area contributed by atoms with E-state index >= 15 is 0 Å². The largest absolute Gasteiger partial charge is 0.496 e. The van der Waals surface area contributed by atoms with Crippen molar-refractivity contribution >= 4 is 28.4 Å². The fourth-order valence-electron chi connectivity index (χ4n) is 4.27. The van der Waals surface area contributed by atoms with Crippen molar-refractivity contribution < 1.29 is 9.13 Å². The Morgan fingerprint density at radius 1 is 1.03 bits per heavy atom.